The number of hydrogen-bond acceptors (Lipinski definition) is 3. The van der Waals surface area contributed by atoms with Gasteiger partial charge in [0, 0.05) is 17.0 Å². The van der Waals surface area contributed by atoms with Crippen LogP contribution in [-0.4, -0.2) is 17.9 Å². The first-order valence-corrected chi connectivity index (χ1v) is 14.4. The molecule has 0 radical (unpaired) electrons. The summed E-state index contributed by atoms with van der Waals surface area (Å²) in [7, 11) is 0. The molecule has 0 spiro atoms. The number of aliphatic imine (C=N–C) groups is 1. The number of allylic oxidation sites excluding steroid dienone is 2. The van der Waals surface area contributed by atoms with E-state index in [-0.39, 0.29) is 12.1 Å². The van der Waals surface area contributed by atoms with Gasteiger partial charge < -0.3 is 4.90 Å². The lowest BCUT2D eigenvalue weighted by molar-refractivity contribution is 0.739. The molecule has 198 valence electrons. The van der Waals surface area contributed by atoms with Crippen molar-refractivity contribution in [2.24, 2.45) is 4.99 Å². The van der Waals surface area contributed by atoms with Crippen LogP contribution in [0, 0.1) is 11.3 Å². The third kappa shape index (κ3) is 4.24. The summed E-state index contributed by atoms with van der Waals surface area (Å²) in [6, 6.07) is 32.9. The molecule has 7 rings (SSSR count). The Morgan fingerprint density at radius 2 is 1.61 bits per heavy atom. The molecule has 0 saturated heterocycles. The van der Waals surface area contributed by atoms with Gasteiger partial charge in [0.15, 0.2) is 0 Å². The number of fused-ring (bicyclic) bond motifs is 8. The highest BCUT2D eigenvalue weighted by atomic mass is 15.3. The molecule has 4 aromatic rings. The first kappa shape index (κ1) is 25.1. The molecule has 1 aliphatic carbocycles. The average molecular weight is 530 g/mol. The standard InChI is InChI=1S/C38H31N3/c1-3-26-9-5-6-10-30(26)22-27(4-2)28-14-16-29(17-15-28)31-18-20-33-34(23-31)32-19-13-25(24-39)21-37(32)41-36-12-8-7-11-35(36)40-38(33)41/h3,5-23,27,35-36H,4H2,1-2H3/b26-3-,30-22-. The van der Waals surface area contributed by atoms with Crippen molar-refractivity contribution < 1.29 is 0 Å². The maximum atomic E-state index is 9.66. The molecule has 0 bridgehead atoms. The number of anilines is 1. The Morgan fingerprint density at radius 1 is 0.854 bits per heavy atom. The van der Waals surface area contributed by atoms with Gasteiger partial charge in [0.2, 0.25) is 0 Å². The highest BCUT2D eigenvalue weighted by molar-refractivity contribution is 6.21. The zero-order chi connectivity index (χ0) is 27.9. The highest BCUT2D eigenvalue weighted by Gasteiger charge is 2.40. The van der Waals surface area contributed by atoms with Gasteiger partial charge in [-0.3, -0.25) is 4.99 Å². The van der Waals surface area contributed by atoms with Crippen molar-refractivity contribution in [1.29, 1.82) is 5.26 Å². The zero-order valence-electron chi connectivity index (χ0n) is 23.3. The Labute approximate surface area is 241 Å². The predicted octanol–water partition coefficient (Wildman–Crippen LogP) is 7.11. The lowest BCUT2D eigenvalue weighted by Crippen LogP contribution is -2.41. The van der Waals surface area contributed by atoms with Crippen molar-refractivity contribution in [1.82, 2.24) is 0 Å². The highest BCUT2D eigenvalue weighted by Crippen LogP contribution is 2.45. The van der Waals surface area contributed by atoms with Crippen molar-refractivity contribution in [3.05, 3.63) is 136 Å². The summed E-state index contributed by atoms with van der Waals surface area (Å²) in [5.41, 5.74) is 8.88. The minimum atomic E-state index is 0.0808. The minimum Gasteiger partial charge on any atom is -0.316 e. The first-order valence-electron chi connectivity index (χ1n) is 14.4. The van der Waals surface area contributed by atoms with E-state index in [0.717, 1.165) is 29.1 Å². The normalized spacial score (nSPS) is 19.6. The number of nitriles is 1. The van der Waals surface area contributed by atoms with Gasteiger partial charge >= 0.3 is 0 Å². The number of hydrogen-bond donors (Lipinski definition) is 0. The van der Waals surface area contributed by atoms with E-state index in [1.54, 1.807) is 0 Å². The van der Waals surface area contributed by atoms with Crippen molar-refractivity contribution in [3.63, 3.8) is 0 Å². The second-order valence-electron chi connectivity index (χ2n) is 10.9. The SMILES string of the molecule is C/C=c1/cccc/c1=C/C(CC)c1ccc(-c2ccc3c(c2)-c2ccc(C#N)cc2N2C3=NC3C=CC=CC32)cc1. The third-order valence-electron chi connectivity index (χ3n) is 8.61. The van der Waals surface area contributed by atoms with E-state index in [2.05, 4.69) is 134 Å². The molecule has 0 amide bonds. The third-order valence-corrected chi connectivity index (χ3v) is 8.61. The van der Waals surface area contributed by atoms with E-state index in [0.29, 0.717) is 11.5 Å². The fourth-order valence-electron chi connectivity index (χ4n) is 6.45. The van der Waals surface area contributed by atoms with Gasteiger partial charge in [0.1, 0.15) is 5.84 Å². The van der Waals surface area contributed by atoms with E-state index >= 15 is 0 Å². The van der Waals surface area contributed by atoms with Crippen molar-refractivity contribution >= 4 is 23.7 Å². The number of rotatable bonds is 4. The van der Waals surface area contributed by atoms with Crippen LogP contribution in [0.5, 0.6) is 0 Å². The first-order chi connectivity index (χ1) is 20.2. The molecule has 2 heterocycles. The molecule has 3 aliphatic rings. The quantitative estimate of drug-likeness (QED) is 0.283. The molecular formula is C38H31N3. The molecule has 41 heavy (non-hydrogen) atoms. The molecule has 3 atom stereocenters. The summed E-state index contributed by atoms with van der Waals surface area (Å²) in [6.45, 7) is 4.35. The van der Waals surface area contributed by atoms with E-state index in [1.165, 1.54) is 32.7 Å². The maximum Gasteiger partial charge on any atom is 0.137 e. The molecule has 0 aromatic heterocycles. The predicted molar refractivity (Wildman–Crippen MR) is 170 cm³/mol. The molecule has 3 heteroatoms. The molecule has 0 fully saturated rings. The Kier molecular flexibility index (Phi) is 6.25. The minimum absolute atomic E-state index is 0.0808. The molecular weight excluding hydrogens is 498 g/mol. The lowest BCUT2D eigenvalue weighted by Gasteiger charge is -2.35. The van der Waals surface area contributed by atoms with Crippen LogP contribution in [-0.2, 0) is 0 Å². The van der Waals surface area contributed by atoms with Gasteiger partial charge in [-0.15, -0.1) is 0 Å². The van der Waals surface area contributed by atoms with Crippen LogP contribution in [0.4, 0.5) is 5.69 Å². The fourth-order valence-corrected chi connectivity index (χ4v) is 6.45. The summed E-state index contributed by atoms with van der Waals surface area (Å²) in [5.74, 6) is 1.34. The summed E-state index contributed by atoms with van der Waals surface area (Å²) in [4.78, 5) is 7.45. The fraction of sp³-hybridized carbons (Fsp3) is 0.158. The summed E-state index contributed by atoms with van der Waals surface area (Å²) < 4.78 is 0. The van der Waals surface area contributed by atoms with Crippen molar-refractivity contribution in [2.45, 2.75) is 38.3 Å². The topological polar surface area (TPSA) is 39.4 Å². The van der Waals surface area contributed by atoms with Crippen LogP contribution >= 0.6 is 0 Å². The molecule has 0 saturated carbocycles. The Hall–Kier alpha value is -4.94. The smallest absolute Gasteiger partial charge is 0.137 e. The molecule has 4 aromatic carbocycles. The summed E-state index contributed by atoms with van der Waals surface area (Å²) in [6.07, 6.45) is 14.2. The van der Waals surface area contributed by atoms with Gasteiger partial charge in [-0.1, -0.05) is 110 Å². The number of nitrogens with zero attached hydrogens (tertiary/aromatic N) is 3. The van der Waals surface area contributed by atoms with Gasteiger partial charge in [0.05, 0.1) is 29.4 Å². The Morgan fingerprint density at radius 3 is 2.39 bits per heavy atom. The molecule has 3 unspecified atom stereocenters. The van der Waals surface area contributed by atoms with Crippen molar-refractivity contribution in [2.75, 3.05) is 4.90 Å². The van der Waals surface area contributed by atoms with Crippen LogP contribution in [0.2, 0.25) is 0 Å². The van der Waals surface area contributed by atoms with E-state index in [9.17, 15) is 5.26 Å². The average Bonchev–Trinajstić information content (AvgIpc) is 3.43. The molecule has 2 aliphatic heterocycles. The van der Waals surface area contributed by atoms with Crippen LogP contribution in [0.1, 0.15) is 42.9 Å². The summed E-state index contributed by atoms with van der Waals surface area (Å²) >= 11 is 0. The monoisotopic (exact) mass is 529 g/mol. The van der Waals surface area contributed by atoms with Gasteiger partial charge in [-0.05, 0) is 64.2 Å². The van der Waals surface area contributed by atoms with E-state index in [1.807, 2.05) is 12.1 Å². The Bertz CT molecular complexity index is 1920. The second kappa shape index (κ2) is 10.2. The Balaban J connectivity index is 1.28. The maximum absolute atomic E-state index is 9.66. The van der Waals surface area contributed by atoms with E-state index < -0.39 is 0 Å². The van der Waals surface area contributed by atoms with Crippen LogP contribution < -0.4 is 15.3 Å². The summed E-state index contributed by atoms with van der Waals surface area (Å²) in [5, 5.41) is 12.2. The van der Waals surface area contributed by atoms with Crippen molar-refractivity contribution in [3.8, 4) is 28.3 Å². The molecule has 0 N–H and O–H groups in total. The second-order valence-corrected chi connectivity index (χ2v) is 10.9. The lowest BCUT2D eigenvalue weighted by atomic mass is 9.87. The van der Waals surface area contributed by atoms with Gasteiger partial charge in [-0.2, -0.15) is 5.26 Å². The van der Waals surface area contributed by atoms with Gasteiger partial charge in [-0.25, -0.2) is 0 Å². The number of amidine groups is 1. The zero-order valence-corrected chi connectivity index (χ0v) is 23.3. The van der Waals surface area contributed by atoms with Crippen LogP contribution in [0.3, 0.4) is 0 Å². The van der Waals surface area contributed by atoms with E-state index in [4.69, 9.17) is 4.99 Å². The van der Waals surface area contributed by atoms with Crippen LogP contribution in [0.15, 0.2) is 114 Å². The van der Waals surface area contributed by atoms with Gasteiger partial charge in [0.25, 0.3) is 0 Å². The number of benzene rings is 4. The van der Waals surface area contributed by atoms with Crippen LogP contribution in [0.25, 0.3) is 34.4 Å². The largest absolute Gasteiger partial charge is 0.316 e. The molecule has 3 nitrogen and oxygen atoms in total.